The van der Waals surface area contributed by atoms with Crippen molar-refractivity contribution in [2.75, 3.05) is 6.61 Å². The van der Waals surface area contributed by atoms with E-state index < -0.39 is 54.2 Å². The van der Waals surface area contributed by atoms with E-state index in [1.807, 2.05) is 0 Å². The van der Waals surface area contributed by atoms with Gasteiger partial charge in [-0.15, -0.1) is 0 Å². The highest BCUT2D eigenvalue weighted by atomic mass is 16.7. The number of rotatable bonds is 7. The van der Waals surface area contributed by atoms with Crippen molar-refractivity contribution in [1.29, 1.82) is 0 Å². The summed E-state index contributed by atoms with van der Waals surface area (Å²) in [6, 6.07) is 4.73. The van der Waals surface area contributed by atoms with E-state index in [9.17, 15) is 19.2 Å². The van der Waals surface area contributed by atoms with Gasteiger partial charge in [0.05, 0.1) is 0 Å². The number of hydrogen-bond acceptors (Lipinski definition) is 11. The third-order valence-corrected chi connectivity index (χ3v) is 5.03. The summed E-state index contributed by atoms with van der Waals surface area (Å²) in [5, 5.41) is 4.33. The van der Waals surface area contributed by atoms with Crippen LogP contribution in [0.15, 0.2) is 38.6 Å². The van der Waals surface area contributed by atoms with E-state index in [2.05, 4.69) is 10.0 Å². The second-order valence-corrected chi connectivity index (χ2v) is 7.71. The molecule has 1 saturated heterocycles. The average molecular weight is 489 g/mol. The van der Waals surface area contributed by atoms with Crippen LogP contribution in [0, 0.1) is 6.92 Å². The molecule has 1 fully saturated rings. The summed E-state index contributed by atoms with van der Waals surface area (Å²) in [4.78, 5) is 49.5. The number of azide groups is 1. The van der Waals surface area contributed by atoms with Gasteiger partial charge in [0.15, 0.2) is 12.2 Å². The van der Waals surface area contributed by atoms with Crippen molar-refractivity contribution in [3.8, 4) is 5.75 Å². The lowest BCUT2D eigenvalue weighted by molar-refractivity contribution is -0.253. The van der Waals surface area contributed by atoms with Crippen LogP contribution >= 0.6 is 0 Å². The molecule has 0 aliphatic carbocycles. The molecule has 0 bridgehead atoms. The smallest absolute Gasteiger partial charge is 0.336 e. The lowest BCUT2D eigenvalue weighted by Gasteiger charge is -2.43. The number of carbonyl (C=O) groups excluding carboxylic acids is 3. The molecule has 0 amide bonds. The lowest BCUT2D eigenvalue weighted by atomic mass is 9.96. The minimum absolute atomic E-state index is 0.174. The molecular formula is C22H23N3O10. The molecule has 1 aliphatic rings. The van der Waals surface area contributed by atoms with Gasteiger partial charge < -0.3 is 28.1 Å². The molecule has 2 aromatic rings. The predicted molar refractivity (Wildman–Crippen MR) is 117 cm³/mol. The van der Waals surface area contributed by atoms with Crippen LogP contribution in [0.4, 0.5) is 0 Å². The molecule has 0 unspecified atom stereocenters. The van der Waals surface area contributed by atoms with Crippen molar-refractivity contribution < 1.29 is 42.5 Å². The molecule has 186 valence electrons. The van der Waals surface area contributed by atoms with Crippen LogP contribution in [0.2, 0.25) is 0 Å². The third kappa shape index (κ3) is 6.28. The Morgan fingerprint density at radius 1 is 1.06 bits per heavy atom. The van der Waals surface area contributed by atoms with Gasteiger partial charge in [0.1, 0.15) is 30.1 Å². The maximum absolute atomic E-state index is 11.8. The zero-order chi connectivity index (χ0) is 25.7. The normalized spacial score (nSPS) is 23.6. The van der Waals surface area contributed by atoms with Gasteiger partial charge in [0.25, 0.3) is 0 Å². The summed E-state index contributed by atoms with van der Waals surface area (Å²) in [7, 11) is 0. The van der Waals surface area contributed by atoms with Gasteiger partial charge in [-0.25, -0.2) is 4.79 Å². The van der Waals surface area contributed by atoms with Crippen LogP contribution in [0.5, 0.6) is 5.75 Å². The molecule has 13 heteroatoms. The van der Waals surface area contributed by atoms with Crippen LogP contribution < -0.4 is 10.4 Å². The zero-order valence-corrected chi connectivity index (χ0v) is 19.3. The van der Waals surface area contributed by atoms with E-state index >= 15 is 0 Å². The van der Waals surface area contributed by atoms with Crippen molar-refractivity contribution in [3.05, 3.63) is 50.7 Å². The number of carbonyl (C=O) groups is 3. The molecule has 1 aromatic heterocycles. The highest BCUT2D eigenvalue weighted by Crippen LogP contribution is 2.32. The fourth-order valence-corrected chi connectivity index (χ4v) is 3.68. The summed E-state index contributed by atoms with van der Waals surface area (Å²) in [6.07, 6.45) is -5.10. The van der Waals surface area contributed by atoms with E-state index in [1.54, 1.807) is 19.1 Å². The van der Waals surface area contributed by atoms with Crippen molar-refractivity contribution in [3.63, 3.8) is 0 Å². The van der Waals surface area contributed by atoms with Gasteiger partial charge in [-0.05, 0) is 30.2 Å². The first kappa shape index (κ1) is 25.5. The van der Waals surface area contributed by atoms with Crippen molar-refractivity contribution >= 4 is 28.9 Å². The molecule has 2 heterocycles. The maximum Gasteiger partial charge on any atom is 0.336 e. The Labute approximate surface area is 198 Å². The summed E-state index contributed by atoms with van der Waals surface area (Å²) in [5.74, 6) is -1.94. The quantitative estimate of drug-likeness (QED) is 0.140. The topological polar surface area (TPSA) is 176 Å². The molecule has 1 aromatic carbocycles. The maximum atomic E-state index is 11.8. The largest absolute Gasteiger partial charge is 0.464 e. The van der Waals surface area contributed by atoms with Gasteiger partial charge >= 0.3 is 23.5 Å². The first-order chi connectivity index (χ1) is 16.6. The van der Waals surface area contributed by atoms with Crippen molar-refractivity contribution in [2.45, 2.75) is 58.3 Å². The molecule has 5 atom stereocenters. The SMILES string of the molecule is CC(=O)OC[C@H]1O[C@@H](Oc2ccc3c(C)cc(=O)oc3c2)[C@H](N=[N+]=[N-])[C@@H](OC(C)=O)[C@@H]1OC(C)=O. The summed E-state index contributed by atoms with van der Waals surface area (Å²) in [5.41, 5.74) is 9.54. The Morgan fingerprint density at radius 2 is 1.74 bits per heavy atom. The van der Waals surface area contributed by atoms with Gasteiger partial charge in [-0.1, -0.05) is 5.11 Å². The number of benzene rings is 1. The van der Waals surface area contributed by atoms with Crippen LogP contribution in [0.1, 0.15) is 26.3 Å². The molecule has 35 heavy (non-hydrogen) atoms. The zero-order valence-electron chi connectivity index (χ0n) is 19.3. The third-order valence-electron chi connectivity index (χ3n) is 5.03. The number of nitrogens with zero attached hydrogens (tertiary/aromatic N) is 3. The first-order valence-corrected chi connectivity index (χ1v) is 10.5. The van der Waals surface area contributed by atoms with E-state index in [-0.39, 0.29) is 17.9 Å². The number of fused-ring (bicyclic) bond motifs is 1. The monoisotopic (exact) mass is 489 g/mol. The van der Waals surface area contributed by atoms with E-state index in [1.165, 1.54) is 19.1 Å². The Kier molecular flexibility index (Phi) is 7.94. The van der Waals surface area contributed by atoms with E-state index in [4.69, 9.17) is 33.6 Å². The molecule has 1 aliphatic heterocycles. The van der Waals surface area contributed by atoms with Crippen LogP contribution in [-0.2, 0) is 33.3 Å². The fourth-order valence-electron chi connectivity index (χ4n) is 3.68. The molecule has 3 rings (SSSR count). The van der Waals surface area contributed by atoms with Gasteiger partial charge in [-0.3, -0.25) is 14.4 Å². The number of hydrogen-bond donors (Lipinski definition) is 0. The van der Waals surface area contributed by atoms with E-state index in [0.717, 1.165) is 13.8 Å². The molecule has 0 radical (unpaired) electrons. The standard InChI is InChI=1S/C22H23N3O10/c1-10-7-18(29)34-16-8-14(5-6-15(10)16)33-22-19(24-25-23)21(32-13(4)28)20(31-12(3)27)17(35-22)9-30-11(2)26/h5-8,17,19-22H,9H2,1-4H3/t17-,19-,20-,21-,22-/m1/s1. The lowest BCUT2D eigenvalue weighted by Crippen LogP contribution is -2.62. The highest BCUT2D eigenvalue weighted by molar-refractivity contribution is 5.81. The second-order valence-electron chi connectivity index (χ2n) is 7.71. The number of ether oxygens (including phenoxy) is 5. The molecule has 0 spiro atoms. The van der Waals surface area contributed by atoms with Gasteiger partial charge in [0.2, 0.25) is 6.29 Å². The van der Waals surface area contributed by atoms with Crippen LogP contribution in [0.3, 0.4) is 0 Å². The average Bonchev–Trinajstić information content (AvgIpc) is 2.75. The van der Waals surface area contributed by atoms with E-state index in [0.29, 0.717) is 10.9 Å². The Bertz CT molecular complexity index is 1240. The van der Waals surface area contributed by atoms with Gasteiger partial charge in [0, 0.05) is 43.2 Å². The number of aryl methyl sites for hydroxylation is 1. The number of esters is 3. The summed E-state index contributed by atoms with van der Waals surface area (Å²) < 4.78 is 32.6. The highest BCUT2D eigenvalue weighted by Gasteiger charge is 2.51. The predicted octanol–water partition coefficient (Wildman–Crippen LogP) is 2.31. The molecule has 0 saturated carbocycles. The Balaban J connectivity index is 2.01. The fraction of sp³-hybridized carbons (Fsp3) is 0.455. The van der Waals surface area contributed by atoms with Crippen LogP contribution in [0.25, 0.3) is 21.4 Å². The molecule has 0 N–H and O–H groups in total. The molecule has 13 nitrogen and oxygen atoms in total. The van der Waals surface area contributed by atoms with Gasteiger partial charge in [-0.2, -0.15) is 0 Å². The van der Waals surface area contributed by atoms with Crippen molar-refractivity contribution in [1.82, 2.24) is 0 Å². The summed E-state index contributed by atoms with van der Waals surface area (Å²) >= 11 is 0. The minimum Gasteiger partial charge on any atom is -0.464 e. The molecular weight excluding hydrogens is 466 g/mol. The second kappa shape index (κ2) is 10.9. The first-order valence-electron chi connectivity index (χ1n) is 10.5. The van der Waals surface area contributed by atoms with Crippen molar-refractivity contribution in [2.24, 2.45) is 5.11 Å². The minimum atomic E-state index is -1.36. The van der Waals surface area contributed by atoms with Crippen LogP contribution in [-0.4, -0.2) is 55.2 Å². The Morgan fingerprint density at radius 3 is 2.37 bits per heavy atom. The Hall–Kier alpha value is -4.09. The summed E-state index contributed by atoms with van der Waals surface area (Å²) in [6.45, 7) is 4.80.